The Bertz CT molecular complexity index is 962. The first-order chi connectivity index (χ1) is 17.4. The fourth-order valence-corrected chi connectivity index (χ4v) is 3.72. The molecule has 0 spiro atoms. The Kier molecular flexibility index (Phi) is 13.7. The number of primary amides is 2. The first-order valence-electron chi connectivity index (χ1n) is 11.4. The number of hydrogen-bond donors (Lipinski definition) is 7. The van der Waals surface area contributed by atoms with E-state index in [0.29, 0.717) is 5.75 Å². The first-order valence-corrected chi connectivity index (χ1v) is 12.8. The lowest BCUT2D eigenvalue weighted by atomic mass is 10.0. The molecule has 0 saturated heterocycles. The van der Waals surface area contributed by atoms with Gasteiger partial charge in [-0.2, -0.15) is 11.8 Å². The number of hydrogen-bond acceptors (Lipinski definition) is 8. The Labute approximate surface area is 218 Å². The van der Waals surface area contributed by atoms with Crippen LogP contribution in [0.4, 0.5) is 0 Å². The second-order valence-electron chi connectivity index (χ2n) is 8.27. The van der Waals surface area contributed by atoms with E-state index >= 15 is 0 Å². The highest BCUT2D eigenvalue weighted by Gasteiger charge is 2.31. The zero-order valence-corrected chi connectivity index (χ0v) is 21.3. The molecule has 0 aromatic heterocycles. The summed E-state index contributed by atoms with van der Waals surface area (Å²) < 4.78 is 0. The van der Waals surface area contributed by atoms with Crippen molar-refractivity contribution in [3.05, 3.63) is 35.9 Å². The minimum Gasteiger partial charge on any atom is -0.480 e. The Morgan fingerprint density at radius 2 is 1.38 bits per heavy atom. The van der Waals surface area contributed by atoms with E-state index in [1.54, 1.807) is 30.5 Å². The lowest BCUT2D eigenvalue weighted by Gasteiger charge is -2.25. The van der Waals surface area contributed by atoms with Crippen molar-refractivity contribution in [3.8, 4) is 0 Å². The van der Waals surface area contributed by atoms with Gasteiger partial charge in [-0.25, -0.2) is 4.79 Å². The molecule has 0 aliphatic carbocycles. The molecule has 5 amide bonds. The second-order valence-corrected chi connectivity index (χ2v) is 9.26. The van der Waals surface area contributed by atoms with Gasteiger partial charge >= 0.3 is 5.97 Å². The Morgan fingerprint density at radius 1 is 0.838 bits per heavy atom. The molecule has 0 aliphatic rings. The van der Waals surface area contributed by atoms with Crippen LogP contribution in [0.3, 0.4) is 0 Å². The van der Waals surface area contributed by atoms with E-state index in [0.717, 1.165) is 5.56 Å². The summed E-state index contributed by atoms with van der Waals surface area (Å²) in [6, 6.07) is 3.97. The Morgan fingerprint density at radius 3 is 1.89 bits per heavy atom. The number of carboxylic acid groups (broad SMARTS) is 1. The van der Waals surface area contributed by atoms with Gasteiger partial charge in [-0.1, -0.05) is 30.3 Å². The lowest BCUT2D eigenvalue weighted by molar-refractivity contribution is -0.143. The predicted molar refractivity (Wildman–Crippen MR) is 137 cm³/mol. The maximum atomic E-state index is 13.1. The molecule has 1 aromatic carbocycles. The Hall–Kier alpha value is -3.65. The van der Waals surface area contributed by atoms with Crippen molar-refractivity contribution in [1.82, 2.24) is 16.0 Å². The molecule has 13 nitrogen and oxygen atoms in total. The largest absolute Gasteiger partial charge is 0.480 e. The van der Waals surface area contributed by atoms with Gasteiger partial charge in [0.15, 0.2) is 0 Å². The van der Waals surface area contributed by atoms with Crippen molar-refractivity contribution in [2.45, 2.75) is 56.3 Å². The summed E-state index contributed by atoms with van der Waals surface area (Å²) >= 11 is 1.38. The standard InChI is InChI=1S/C23H34N6O7S/c1-37-10-9-16(22(34)29-17(23(35)36)12-19(26)31)28-21(33)15(7-8-18(25)30)27-20(32)14(24)11-13-5-3-2-4-6-13/h2-6,14-17H,7-12,24H2,1H3,(H2,25,30)(H2,26,31)(H,27,32)(H,28,33)(H,29,34)(H,35,36). The van der Waals surface area contributed by atoms with E-state index < -0.39 is 66.1 Å². The molecule has 0 saturated carbocycles. The number of aliphatic carboxylic acids is 1. The summed E-state index contributed by atoms with van der Waals surface area (Å²) in [5.41, 5.74) is 17.1. The molecule has 204 valence electrons. The van der Waals surface area contributed by atoms with Crippen LogP contribution in [0.5, 0.6) is 0 Å². The second kappa shape index (κ2) is 16.2. The van der Waals surface area contributed by atoms with Crippen LogP contribution < -0.4 is 33.2 Å². The van der Waals surface area contributed by atoms with Gasteiger partial charge < -0.3 is 38.3 Å². The van der Waals surface area contributed by atoms with Crippen molar-refractivity contribution in [2.24, 2.45) is 17.2 Å². The number of amides is 5. The minimum atomic E-state index is -1.58. The molecule has 4 atom stereocenters. The zero-order valence-electron chi connectivity index (χ0n) is 20.5. The van der Waals surface area contributed by atoms with Crippen molar-refractivity contribution >= 4 is 47.3 Å². The van der Waals surface area contributed by atoms with E-state index in [1.807, 2.05) is 6.07 Å². The molecule has 0 aliphatic heterocycles. The van der Waals surface area contributed by atoms with Gasteiger partial charge in [0.2, 0.25) is 29.5 Å². The quantitative estimate of drug-likeness (QED) is 0.116. The summed E-state index contributed by atoms with van der Waals surface area (Å²) in [5.74, 6) is -4.97. The van der Waals surface area contributed by atoms with Gasteiger partial charge in [0.1, 0.15) is 18.1 Å². The fraction of sp³-hybridized carbons (Fsp3) is 0.478. The molecule has 0 radical (unpaired) electrons. The van der Waals surface area contributed by atoms with Crippen LogP contribution in [0.1, 0.15) is 31.2 Å². The first kappa shape index (κ1) is 31.4. The number of nitrogens with two attached hydrogens (primary N) is 3. The molecule has 4 unspecified atom stereocenters. The smallest absolute Gasteiger partial charge is 0.326 e. The average molecular weight is 539 g/mol. The zero-order chi connectivity index (χ0) is 28.0. The monoisotopic (exact) mass is 538 g/mol. The number of carbonyl (C=O) groups is 6. The average Bonchev–Trinajstić information content (AvgIpc) is 2.83. The molecular formula is C23H34N6O7S. The third-order valence-corrected chi connectivity index (χ3v) is 5.86. The van der Waals surface area contributed by atoms with Crippen LogP contribution in [-0.4, -0.2) is 76.8 Å². The van der Waals surface area contributed by atoms with Crippen molar-refractivity contribution in [3.63, 3.8) is 0 Å². The third-order valence-electron chi connectivity index (χ3n) is 5.21. The van der Waals surface area contributed by atoms with Gasteiger partial charge in [-0.05, 0) is 36.8 Å². The fourth-order valence-electron chi connectivity index (χ4n) is 3.25. The summed E-state index contributed by atoms with van der Waals surface area (Å²) in [4.78, 5) is 72.4. The molecular weight excluding hydrogens is 504 g/mol. The van der Waals surface area contributed by atoms with Crippen molar-refractivity contribution in [2.75, 3.05) is 12.0 Å². The van der Waals surface area contributed by atoms with Crippen LogP contribution in [0.25, 0.3) is 0 Å². The van der Waals surface area contributed by atoms with E-state index in [4.69, 9.17) is 17.2 Å². The van der Waals surface area contributed by atoms with Crippen LogP contribution in [0.15, 0.2) is 30.3 Å². The van der Waals surface area contributed by atoms with Gasteiger partial charge in [0, 0.05) is 6.42 Å². The van der Waals surface area contributed by atoms with Gasteiger partial charge in [-0.3, -0.25) is 24.0 Å². The van der Waals surface area contributed by atoms with E-state index in [2.05, 4.69) is 16.0 Å². The van der Waals surface area contributed by atoms with Gasteiger partial charge in [0.05, 0.1) is 12.5 Å². The van der Waals surface area contributed by atoms with Crippen LogP contribution in [-0.2, 0) is 35.2 Å². The number of nitrogens with one attached hydrogen (secondary N) is 3. The maximum Gasteiger partial charge on any atom is 0.326 e. The normalized spacial score (nSPS) is 13.9. The van der Waals surface area contributed by atoms with Gasteiger partial charge in [0.25, 0.3) is 0 Å². The number of carboxylic acids is 1. The highest BCUT2D eigenvalue weighted by atomic mass is 32.2. The molecule has 0 heterocycles. The highest BCUT2D eigenvalue weighted by molar-refractivity contribution is 7.98. The molecule has 14 heteroatoms. The highest BCUT2D eigenvalue weighted by Crippen LogP contribution is 2.07. The number of thioether (sulfide) groups is 1. The van der Waals surface area contributed by atoms with Crippen LogP contribution >= 0.6 is 11.8 Å². The third kappa shape index (κ3) is 12.2. The summed E-state index contributed by atoms with van der Waals surface area (Å²) in [5, 5.41) is 16.4. The molecule has 1 rings (SSSR count). The Balaban J connectivity index is 2.98. The summed E-state index contributed by atoms with van der Waals surface area (Å²) in [7, 11) is 0. The van der Waals surface area contributed by atoms with Crippen molar-refractivity contribution < 1.29 is 33.9 Å². The molecule has 0 fully saturated rings. The minimum absolute atomic E-state index is 0.117. The SMILES string of the molecule is CSCCC(NC(=O)C(CCC(N)=O)NC(=O)C(N)Cc1ccccc1)C(=O)NC(CC(N)=O)C(=O)O. The van der Waals surface area contributed by atoms with E-state index in [9.17, 15) is 33.9 Å². The lowest BCUT2D eigenvalue weighted by Crippen LogP contribution is -2.57. The van der Waals surface area contributed by atoms with Crippen molar-refractivity contribution in [1.29, 1.82) is 0 Å². The van der Waals surface area contributed by atoms with Crippen LogP contribution in [0, 0.1) is 0 Å². The number of carbonyl (C=O) groups excluding carboxylic acids is 5. The summed E-state index contributed by atoms with van der Waals surface area (Å²) in [6.07, 6.45) is 1.07. The summed E-state index contributed by atoms with van der Waals surface area (Å²) in [6.45, 7) is 0. The molecule has 37 heavy (non-hydrogen) atoms. The molecule has 0 bridgehead atoms. The predicted octanol–water partition coefficient (Wildman–Crippen LogP) is -2.01. The van der Waals surface area contributed by atoms with Crippen LogP contribution in [0.2, 0.25) is 0 Å². The maximum absolute atomic E-state index is 13.1. The van der Waals surface area contributed by atoms with E-state index in [-0.39, 0.29) is 25.7 Å². The van der Waals surface area contributed by atoms with E-state index in [1.165, 1.54) is 11.8 Å². The number of benzene rings is 1. The molecule has 10 N–H and O–H groups in total. The molecule has 1 aromatic rings. The number of rotatable bonds is 17. The topological polar surface area (TPSA) is 237 Å². The van der Waals surface area contributed by atoms with Gasteiger partial charge in [-0.15, -0.1) is 0 Å².